The zero-order valence-corrected chi connectivity index (χ0v) is 12.7. The molecule has 0 aromatic carbocycles. The maximum atomic E-state index is 12.6. The van der Waals surface area contributed by atoms with E-state index in [2.05, 4.69) is 15.3 Å². The number of H-pyrrole nitrogens is 1. The average Bonchev–Trinajstić information content (AvgIpc) is 2.99. The number of hydrogen-bond acceptors (Lipinski definition) is 4. The van der Waals surface area contributed by atoms with Gasteiger partial charge in [-0.3, -0.25) is 4.79 Å². The number of carbonyl (C=O) groups excluding carboxylic acids is 1. The Balaban J connectivity index is 1.62. The van der Waals surface area contributed by atoms with Gasteiger partial charge in [-0.25, -0.2) is 4.98 Å². The Morgan fingerprint density at radius 1 is 1.62 bits per heavy atom. The molecule has 2 heterocycles. The first kappa shape index (κ1) is 14.5. The molecule has 1 amide bonds. The van der Waals surface area contributed by atoms with E-state index in [4.69, 9.17) is 10.5 Å². The Labute approximate surface area is 124 Å². The molecule has 3 unspecified atom stereocenters. The summed E-state index contributed by atoms with van der Waals surface area (Å²) in [7, 11) is 0. The standard InChI is InChI=1S/C15H24N4O2/c1-14(2)12-11(4-3-7-21-12)15(14,16)13(20)18-6-5-10-8-17-9-19-10/h8-9,11-12H,3-7,16H2,1-2H3,(H,17,19)(H,18,20). The molecule has 6 heteroatoms. The Hall–Kier alpha value is -1.40. The van der Waals surface area contributed by atoms with E-state index in [1.165, 1.54) is 0 Å². The first-order valence-corrected chi connectivity index (χ1v) is 7.64. The highest BCUT2D eigenvalue weighted by atomic mass is 16.5. The summed E-state index contributed by atoms with van der Waals surface area (Å²) in [5.74, 6) is 0.0761. The molecule has 4 N–H and O–H groups in total. The van der Waals surface area contributed by atoms with Crippen LogP contribution in [0.15, 0.2) is 12.5 Å². The van der Waals surface area contributed by atoms with Crippen LogP contribution < -0.4 is 11.1 Å². The van der Waals surface area contributed by atoms with Gasteiger partial charge < -0.3 is 20.8 Å². The van der Waals surface area contributed by atoms with E-state index >= 15 is 0 Å². The molecule has 1 aromatic rings. The molecule has 6 nitrogen and oxygen atoms in total. The third-order valence-electron chi connectivity index (χ3n) is 5.30. The smallest absolute Gasteiger partial charge is 0.241 e. The van der Waals surface area contributed by atoms with Gasteiger partial charge in [0.15, 0.2) is 0 Å². The van der Waals surface area contributed by atoms with Gasteiger partial charge in [0, 0.05) is 42.8 Å². The number of imidazole rings is 1. The van der Waals surface area contributed by atoms with Gasteiger partial charge in [0.25, 0.3) is 0 Å². The normalized spacial score (nSPS) is 33.9. The van der Waals surface area contributed by atoms with Crippen LogP contribution in [0.2, 0.25) is 0 Å². The number of nitrogens with two attached hydrogens (primary N) is 1. The van der Waals surface area contributed by atoms with Crippen LogP contribution in [0.25, 0.3) is 0 Å². The van der Waals surface area contributed by atoms with Crippen molar-refractivity contribution >= 4 is 5.91 Å². The summed E-state index contributed by atoms with van der Waals surface area (Å²) in [6, 6.07) is 0. The number of hydrogen-bond donors (Lipinski definition) is 3. The number of carbonyl (C=O) groups is 1. The molecule has 1 saturated carbocycles. The zero-order chi connectivity index (χ0) is 15.1. The molecule has 2 fully saturated rings. The minimum Gasteiger partial charge on any atom is -0.377 e. The van der Waals surface area contributed by atoms with E-state index in [0.29, 0.717) is 6.54 Å². The summed E-state index contributed by atoms with van der Waals surface area (Å²) in [5, 5.41) is 2.98. The number of aromatic nitrogens is 2. The molecule has 1 aliphatic carbocycles. The number of aromatic amines is 1. The van der Waals surface area contributed by atoms with Crippen LogP contribution in [0.1, 0.15) is 32.4 Å². The second kappa shape index (κ2) is 5.10. The summed E-state index contributed by atoms with van der Waals surface area (Å²) >= 11 is 0. The molecule has 116 valence electrons. The van der Waals surface area contributed by atoms with E-state index in [1.54, 1.807) is 12.5 Å². The molecule has 21 heavy (non-hydrogen) atoms. The highest BCUT2D eigenvalue weighted by molar-refractivity contribution is 5.89. The lowest BCUT2D eigenvalue weighted by molar-refractivity contribution is -0.225. The first-order valence-electron chi connectivity index (χ1n) is 7.64. The number of amides is 1. The maximum absolute atomic E-state index is 12.6. The van der Waals surface area contributed by atoms with Crippen LogP contribution in [0, 0.1) is 11.3 Å². The monoisotopic (exact) mass is 292 g/mol. The van der Waals surface area contributed by atoms with E-state index < -0.39 is 5.54 Å². The number of nitrogens with zero attached hydrogens (tertiary/aromatic N) is 1. The molecule has 3 rings (SSSR count). The summed E-state index contributed by atoms with van der Waals surface area (Å²) < 4.78 is 5.83. The molecule has 3 atom stereocenters. The number of nitrogens with one attached hydrogen (secondary N) is 2. The highest BCUT2D eigenvalue weighted by Crippen LogP contribution is 2.57. The van der Waals surface area contributed by atoms with Crippen molar-refractivity contribution in [1.29, 1.82) is 0 Å². The van der Waals surface area contributed by atoms with Gasteiger partial charge in [-0.1, -0.05) is 13.8 Å². The minimum atomic E-state index is -0.827. The topological polar surface area (TPSA) is 93.0 Å². The molecule has 1 aromatic heterocycles. The highest BCUT2D eigenvalue weighted by Gasteiger charge is 2.70. The summed E-state index contributed by atoms with van der Waals surface area (Å²) in [5.41, 5.74) is 6.38. The average molecular weight is 292 g/mol. The lowest BCUT2D eigenvalue weighted by Crippen LogP contribution is -2.82. The Morgan fingerprint density at radius 2 is 2.43 bits per heavy atom. The Bertz CT molecular complexity index is 514. The van der Waals surface area contributed by atoms with Crippen molar-refractivity contribution in [2.75, 3.05) is 13.2 Å². The SMILES string of the molecule is CC1(C)C2OCCCC2C1(N)C(=O)NCCc1cnc[nH]1. The van der Waals surface area contributed by atoms with Crippen molar-refractivity contribution in [2.45, 2.75) is 44.8 Å². The molecule has 2 aliphatic rings. The number of rotatable bonds is 4. The maximum Gasteiger partial charge on any atom is 0.241 e. The molecular formula is C15H24N4O2. The summed E-state index contributed by atoms with van der Waals surface area (Å²) in [6.07, 6.45) is 6.20. The van der Waals surface area contributed by atoms with Crippen LogP contribution in [0.5, 0.6) is 0 Å². The van der Waals surface area contributed by atoms with Crippen LogP contribution in [-0.4, -0.2) is 40.7 Å². The van der Waals surface area contributed by atoms with Crippen molar-refractivity contribution < 1.29 is 9.53 Å². The third kappa shape index (κ3) is 2.08. The molecule has 1 aliphatic heterocycles. The van der Waals surface area contributed by atoms with E-state index in [1.807, 2.05) is 13.8 Å². The Morgan fingerprint density at radius 3 is 3.14 bits per heavy atom. The fourth-order valence-electron chi connectivity index (χ4n) is 3.92. The molecule has 1 saturated heterocycles. The van der Waals surface area contributed by atoms with E-state index in [-0.39, 0.29) is 23.3 Å². The van der Waals surface area contributed by atoms with Crippen molar-refractivity contribution in [1.82, 2.24) is 15.3 Å². The van der Waals surface area contributed by atoms with Gasteiger partial charge in [-0.05, 0) is 12.8 Å². The van der Waals surface area contributed by atoms with Gasteiger partial charge in [0.2, 0.25) is 5.91 Å². The second-order valence-corrected chi connectivity index (χ2v) is 6.71. The van der Waals surface area contributed by atoms with Gasteiger partial charge >= 0.3 is 0 Å². The number of fused-ring (bicyclic) bond motifs is 1. The Kier molecular flexibility index (Phi) is 3.53. The molecule has 0 spiro atoms. The van der Waals surface area contributed by atoms with Crippen LogP contribution in [-0.2, 0) is 16.0 Å². The van der Waals surface area contributed by atoms with Crippen LogP contribution in [0.4, 0.5) is 0 Å². The van der Waals surface area contributed by atoms with Crippen molar-refractivity contribution in [3.8, 4) is 0 Å². The van der Waals surface area contributed by atoms with Gasteiger partial charge in [0.1, 0.15) is 5.54 Å². The van der Waals surface area contributed by atoms with Crippen molar-refractivity contribution in [3.05, 3.63) is 18.2 Å². The lowest BCUT2D eigenvalue weighted by atomic mass is 9.46. The second-order valence-electron chi connectivity index (χ2n) is 6.71. The van der Waals surface area contributed by atoms with Crippen molar-refractivity contribution in [2.24, 2.45) is 17.1 Å². The summed E-state index contributed by atoms with van der Waals surface area (Å²) in [6.45, 7) is 5.42. The van der Waals surface area contributed by atoms with Gasteiger partial charge in [-0.15, -0.1) is 0 Å². The van der Waals surface area contributed by atoms with Gasteiger partial charge in [-0.2, -0.15) is 0 Å². The van der Waals surface area contributed by atoms with Gasteiger partial charge in [0.05, 0.1) is 12.4 Å². The predicted molar refractivity (Wildman–Crippen MR) is 78.5 cm³/mol. The largest absolute Gasteiger partial charge is 0.377 e. The first-order chi connectivity index (χ1) is 9.98. The molecule has 0 radical (unpaired) electrons. The number of ether oxygens (including phenoxy) is 1. The predicted octanol–water partition coefficient (Wildman–Crippen LogP) is 0.601. The minimum absolute atomic E-state index is 0.0567. The van der Waals surface area contributed by atoms with Crippen LogP contribution >= 0.6 is 0 Å². The fraction of sp³-hybridized carbons (Fsp3) is 0.733. The fourth-order valence-corrected chi connectivity index (χ4v) is 3.92. The van der Waals surface area contributed by atoms with Crippen molar-refractivity contribution in [3.63, 3.8) is 0 Å². The zero-order valence-electron chi connectivity index (χ0n) is 12.7. The molecule has 0 bridgehead atoms. The molecular weight excluding hydrogens is 268 g/mol. The summed E-state index contributed by atoms with van der Waals surface area (Å²) in [4.78, 5) is 19.6. The quantitative estimate of drug-likeness (QED) is 0.757. The van der Waals surface area contributed by atoms with E-state index in [9.17, 15) is 4.79 Å². The van der Waals surface area contributed by atoms with Crippen LogP contribution in [0.3, 0.4) is 0 Å². The lowest BCUT2D eigenvalue weighted by Gasteiger charge is -2.65. The third-order valence-corrected chi connectivity index (χ3v) is 5.30. The van der Waals surface area contributed by atoms with E-state index in [0.717, 1.165) is 31.6 Å².